The predicted molar refractivity (Wildman–Crippen MR) is 80.5 cm³/mol. The van der Waals surface area contributed by atoms with Crippen molar-refractivity contribution in [3.05, 3.63) is 52.2 Å². The first kappa shape index (κ1) is 16.1. The summed E-state index contributed by atoms with van der Waals surface area (Å²) in [6, 6.07) is 5.91. The van der Waals surface area contributed by atoms with Crippen LogP contribution in [0.15, 0.2) is 35.7 Å². The fourth-order valence-corrected chi connectivity index (χ4v) is 2.72. The topological polar surface area (TPSA) is 58.2 Å². The molecule has 1 atom stereocenters. The third-order valence-electron chi connectivity index (χ3n) is 2.86. The van der Waals surface area contributed by atoms with E-state index in [-0.39, 0.29) is 18.0 Å². The van der Waals surface area contributed by atoms with Gasteiger partial charge in [0.15, 0.2) is 0 Å². The van der Waals surface area contributed by atoms with E-state index in [0.29, 0.717) is 0 Å². The van der Waals surface area contributed by atoms with Gasteiger partial charge < -0.3 is 10.6 Å². The molecule has 0 spiro atoms. The molecule has 4 nitrogen and oxygen atoms in total. The van der Waals surface area contributed by atoms with E-state index in [1.165, 1.54) is 18.3 Å². The van der Waals surface area contributed by atoms with Crippen LogP contribution in [0.2, 0.25) is 0 Å². The van der Waals surface area contributed by atoms with Crippen LogP contribution in [0.25, 0.3) is 0 Å². The number of thiophene rings is 1. The van der Waals surface area contributed by atoms with Crippen molar-refractivity contribution in [3.63, 3.8) is 0 Å². The first-order valence-corrected chi connectivity index (χ1v) is 7.39. The Kier molecular flexibility index (Phi) is 5.21. The van der Waals surface area contributed by atoms with Gasteiger partial charge in [-0.05, 0) is 23.6 Å². The molecule has 0 aliphatic heterocycles. The molecule has 116 valence electrons. The number of carbonyl (C=O) groups excluding carboxylic acids is 2. The van der Waals surface area contributed by atoms with Crippen molar-refractivity contribution in [2.24, 2.45) is 0 Å². The van der Waals surface area contributed by atoms with Gasteiger partial charge in [0.2, 0.25) is 11.8 Å². The van der Waals surface area contributed by atoms with Crippen LogP contribution >= 0.6 is 11.3 Å². The molecule has 0 unspecified atom stereocenters. The van der Waals surface area contributed by atoms with Crippen molar-refractivity contribution in [1.82, 2.24) is 5.32 Å². The Morgan fingerprint density at radius 2 is 2.05 bits per heavy atom. The van der Waals surface area contributed by atoms with Gasteiger partial charge in [0.05, 0.1) is 18.2 Å². The Hall–Kier alpha value is -2.28. The number of nitrogens with one attached hydrogen (secondary N) is 2. The van der Waals surface area contributed by atoms with E-state index in [4.69, 9.17) is 0 Å². The van der Waals surface area contributed by atoms with Gasteiger partial charge in [-0.1, -0.05) is 6.07 Å². The van der Waals surface area contributed by atoms with E-state index in [2.05, 4.69) is 10.6 Å². The molecular formula is C15H14F2N2O2S. The maximum atomic E-state index is 13.5. The molecule has 0 aliphatic rings. The molecule has 0 saturated heterocycles. The van der Waals surface area contributed by atoms with Gasteiger partial charge in [-0.2, -0.15) is 0 Å². The summed E-state index contributed by atoms with van der Waals surface area (Å²) in [5, 5.41) is 6.81. The van der Waals surface area contributed by atoms with Crippen LogP contribution in [0.3, 0.4) is 0 Å². The van der Waals surface area contributed by atoms with Gasteiger partial charge in [0.1, 0.15) is 11.6 Å². The van der Waals surface area contributed by atoms with Crippen molar-refractivity contribution in [2.45, 2.75) is 19.4 Å². The number of rotatable bonds is 5. The van der Waals surface area contributed by atoms with E-state index < -0.39 is 23.6 Å². The second kappa shape index (κ2) is 7.13. The van der Waals surface area contributed by atoms with Crippen LogP contribution < -0.4 is 10.6 Å². The zero-order valence-electron chi connectivity index (χ0n) is 11.7. The van der Waals surface area contributed by atoms with Crippen molar-refractivity contribution in [1.29, 1.82) is 0 Å². The molecule has 0 bridgehead atoms. The summed E-state index contributed by atoms with van der Waals surface area (Å²) in [4.78, 5) is 24.1. The fraction of sp³-hybridized carbons (Fsp3) is 0.200. The monoisotopic (exact) mass is 324 g/mol. The molecule has 2 N–H and O–H groups in total. The quantitative estimate of drug-likeness (QED) is 0.887. The standard InChI is InChI=1S/C15H14F2N2O2S/c1-9(20)18-13(14-3-2-6-22-14)8-15(21)19-12-7-10(16)4-5-11(12)17/h2-7,13H,8H2,1H3,(H,18,20)(H,19,21)/t13-/m0/s1. The third-order valence-corrected chi connectivity index (χ3v) is 3.84. The lowest BCUT2D eigenvalue weighted by Gasteiger charge is -2.16. The molecule has 7 heteroatoms. The smallest absolute Gasteiger partial charge is 0.226 e. The van der Waals surface area contributed by atoms with Crippen LogP contribution in [-0.2, 0) is 9.59 Å². The normalized spacial score (nSPS) is 11.8. The van der Waals surface area contributed by atoms with E-state index in [1.807, 2.05) is 5.38 Å². The van der Waals surface area contributed by atoms with Gasteiger partial charge in [-0.25, -0.2) is 8.78 Å². The average Bonchev–Trinajstić information content (AvgIpc) is 2.95. The summed E-state index contributed by atoms with van der Waals surface area (Å²) in [6.45, 7) is 1.35. The Balaban J connectivity index is 2.08. The van der Waals surface area contributed by atoms with Crippen molar-refractivity contribution in [3.8, 4) is 0 Å². The summed E-state index contributed by atoms with van der Waals surface area (Å²) in [7, 11) is 0. The van der Waals surface area contributed by atoms with Gasteiger partial charge in [0.25, 0.3) is 0 Å². The molecule has 1 aromatic carbocycles. The lowest BCUT2D eigenvalue weighted by atomic mass is 10.1. The minimum Gasteiger partial charge on any atom is -0.348 e. The van der Waals surface area contributed by atoms with Crippen LogP contribution in [0, 0.1) is 11.6 Å². The Labute approximate surface area is 130 Å². The van der Waals surface area contributed by atoms with E-state index in [1.54, 1.807) is 12.1 Å². The van der Waals surface area contributed by atoms with Crippen molar-refractivity contribution < 1.29 is 18.4 Å². The summed E-state index contributed by atoms with van der Waals surface area (Å²) >= 11 is 1.40. The highest BCUT2D eigenvalue weighted by Gasteiger charge is 2.19. The van der Waals surface area contributed by atoms with Crippen molar-refractivity contribution >= 4 is 28.8 Å². The van der Waals surface area contributed by atoms with Crippen LogP contribution in [0.1, 0.15) is 24.3 Å². The highest BCUT2D eigenvalue weighted by atomic mass is 32.1. The number of halogens is 2. The minimum atomic E-state index is -0.720. The number of benzene rings is 1. The van der Waals surface area contributed by atoms with E-state index in [9.17, 15) is 18.4 Å². The highest BCUT2D eigenvalue weighted by molar-refractivity contribution is 7.10. The molecule has 1 aromatic heterocycles. The van der Waals surface area contributed by atoms with Gasteiger partial charge >= 0.3 is 0 Å². The number of carbonyl (C=O) groups is 2. The molecular weight excluding hydrogens is 310 g/mol. The maximum Gasteiger partial charge on any atom is 0.226 e. The first-order chi connectivity index (χ1) is 10.5. The molecule has 0 radical (unpaired) electrons. The average molecular weight is 324 g/mol. The minimum absolute atomic E-state index is 0.0734. The fourth-order valence-electron chi connectivity index (χ4n) is 1.94. The molecule has 2 amide bonds. The zero-order chi connectivity index (χ0) is 16.1. The van der Waals surface area contributed by atoms with Crippen molar-refractivity contribution in [2.75, 3.05) is 5.32 Å². The molecule has 0 aliphatic carbocycles. The Bertz CT molecular complexity index is 674. The van der Waals surface area contributed by atoms with Crippen LogP contribution in [0.5, 0.6) is 0 Å². The molecule has 0 saturated carbocycles. The molecule has 22 heavy (non-hydrogen) atoms. The van der Waals surface area contributed by atoms with Gasteiger partial charge in [-0.15, -0.1) is 11.3 Å². The second-order valence-corrected chi connectivity index (χ2v) is 5.62. The number of amides is 2. The van der Waals surface area contributed by atoms with Crippen LogP contribution in [0.4, 0.5) is 14.5 Å². The molecule has 0 fully saturated rings. The zero-order valence-corrected chi connectivity index (χ0v) is 12.5. The molecule has 2 rings (SSSR count). The Morgan fingerprint density at radius 1 is 1.27 bits per heavy atom. The van der Waals surface area contributed by atoms with Gasteiger partial charge in [-0.3, -0.25) is 9.59 Å². The first-order valence-electron chi connectivity index (χ1n) is 6.51. The maximum absolute atomic E-state index is 13.5. The van der Waals surface area contributed by atoms with E-state index in [0.717, 1.165) is 23.1 Å². The SMILES string of the molecule is CC(=O)N[C@@H](CC(=O)Nc1cc(F)ccc1F)c1cccs1. The summed E-state index contributed by atoms with van der Waals surface area (Å²) < 4.78 is 26.6. The molecule has 2 aromatic rings. The third kappa shape index (κ3) is 4.36. The molecule has 1 heterocycles. The lowest BCUT2D eigenvalue weighted by Crippen LogP contribution is -2.29. The number of hydrogen-bond acceptors (Lipinski definition) is 3. The lowest BCUT2D eigenvalue weighted by molar-refractivity contribution is -0.120. The second-order valence-electron chi connectivity index (χ2n) is 4.64. The predicted octanol–water partition coefficient (Wildman–Crippen LogP) is 3.23. The highest BCUT2D eigenvalue weighted by Crippen LogP contribution is 2.23. The summed E-state index contributed by atoms with van der Waals surface area (Å²) in [6.07, 6.45) is -0.0734. The Morgan fingerprint density at radius 3 is 2.68 bits per heavy atom. The van der Waals surface area contributed by atoms with Crippen LogP contribution in [-0.4, -0.2) is 11.8 Å². The summed E-state index contributed by atoms with van der Waals surface area (Å²) in [5.74, 6) is -2.16. The van der Waals surface area contributed by atoms with Gasteiger partial charge in [0, 0.05) is 17.9 Å². The van der Waals surface area contributed by atoms with E-state index >= 15 is 0 Å². The number of anilines is 1. The largest absolute Gasteiger partial charge is 0.348 e. The number of hydrogen-bond donors (Lipinski definition) is 2. The summed E-state index contributed by atoms with van der Waals surface area (Å²) in [5.41, 5.74) is -0.224.